The van der Waals surface area contributed by atoms with Gasteiger partial charge >= 0.3 is 7.12 Å². The smallest absolute Gasteiger partial charge is 0.399 e. The van der Waals surface area contributed by atoms with E-state index in [-0.39, 0.29) is 5.82 Å². The van der Waals surface area contributed by atoms with Gasteiger partial charge in [0, 0.05) is 16.6 Å². The van der Waals surface area contributed by atoms with Crippen LogP contribution in [0.1, 0.15) is 27.7 Å². The summed E-state index contributed by atoms with van der Waals surface area (Å²) < 4.78 is 26.1. The van der Waals surface area contributed by atoms with Gasteiger partial charge in [0.05, 0.1) is 11.2 Å². The van der Waals surface area contributed by atoms with Crippen molar-refractivity contribution in [3.8, 4) is 11.1 Å². The Balaban J connectivity index is 1.96. The molecular formula is C22H23BFNO2. The summed E-state index contributed by atoms with van der Waals surface area (Å²) in [5.74, 6) is -0.282. The molecule has 0 unspecified atom stereocenters. The van der Waals surface area contributed by atoms with Gasteiger partial charge in [0.2, 0.25) is 0 Å². The Morgan fingerprint density at radius 3 is 2.11 bits per heavy atom. The van der Waals surface area contributed by atoms with Gasteiger partial charge in [-0.1, -0.05) is 42.5 Å². The van der Waals surface area contributed by atoms with Gasteiger partial charge in [0.1, 0.15) is 5.82 Å². The van der Waals surface area contributed by atoms with Gasteiger partial charge in [-0.2, -0.15) is 0 Å². The molecule has 3 nitrogen and oxygen atoms in total. The van der Waals surface area contributed by atoms with E-state index in [1.54, 1.807) is 12.1 Å². The molecule has 0 amide bonds. The summed E-state index contributed by atoms with van der Waals surface area (Å²) in [5, 5.41) is 1.97. The Kier molecular flexibility index (Phi) is 4.06. The summed E-state index contributed by atoms with van der Waals surface area (Å²) in [5.41, 5.74) is 8.83. The zero-order valence-electron chi connectivity index (χ0n) is 16.0. The van der Waals surface area contributed by atoms with Crippen molar-refractivity contribution < 1.29 is 13.7 Å². The second kappa shape index (κ2) is 6.08. The zero-order chi connectivity index (χ0) is 19.4. The van der Waals surface area contributed by atoms with Gasteiger partial charge in [-0.25, -0.2) is 4.39 Å². The number of hydrogen-bond donors (Lipinski definition) is 1. The van der Waals surface area contributed by atoms with Crippen LogP contribution in [-0.2, 0) is 9.31 Å². The van der Waals surface area contributed by atoms with E-state index in [1.807, 2.05) is 52.0 Å². The normalized spacial score (nSPS) is 18.2. The molecule has 0 radical (unpaired) electrons. The summed E-state index contributed by atoms with van der Waals surface area (Å²) in [6.45, 7) is 8.09. The van der Waals surface area contributed by atoms with Gasteiger partial charge in [-0.15, -0.1) is 0 Å². The Bertz CT molecular complexity index is 999. The number of fused-ring (bicyclic) bond motifs is 1. The largest absolute Gasteiger partial charge is 0.495 e. The van der Waals surface area contributed by atoms with Crippen LogP contribution in [0.2, 0.25) is 0 Å². The molecule has 0 bridgehead atoms. The maximum Gasteiger partial charge on any atom is 0.495 e. The van der Waals surface area contributed by atoms with E-state index in [9.17, 15) is 4.39 Å². The predicted octanol–water partition coefficient (Wildman–Crippen LogP) is 4.53. The number of hydrogen-bond acceptors (Lipinski definition) is 3. The van der Waals surface area contributed by atoms with E-state index in [2.05, 4.69) is 6.07 Å². The first-order valence-electron chi connectivity index (χ1n) is 9.12. The first kappa shape index (κ1) is 18.0. The van der Waals surface area contributed by atoms with Crippen molar-refractivity contribution in [2.75, 3.05) is 5.73 Å². The first-order valence-corrected chi connectivity index (χ1v) is 9.12. The standard InChI is InChI=1S/C22H23BFNO2/c1-21(2)22(3,4)27-23(26-21)18-13-15-7-5-6-8-17(15)20(25)19(18)14-9-11-16(24)12-10-14/h5-13H,25H2,1-4H3. The van der Waals surface area contributed by atoms with Crippen molar-refractivity contribution >= 4 is 29.0 Å². The Labute approximate surface area is 159 Å². The minimum absolute atomic E-state index is 0.282. The molecule has 0 saturated carbocycles. The highest BCUT2D eigenvalue weighted by Crippen LogP contribution is 2.39. The minimum Gasteiger partial charge on any atom is -0.399 e. The quantitative estimate of drug-likeness (QED) is 0.538. The molecule has 0 spiro atoms. The number of rotatable bonds is 2. The van der Waals surface area contributed by atoms with Gasteiger partial charge < -0.3 is 15.0 Å². The third-order valence-electron chi connectivity index (χ3n) is 5.76. The van der Waals surface area contributed by atoms with Crippen LogP contribution < -0.4 is 11.2 Å². The van der Waals surface area contributed by atoms with Crippen LogP contribution in [0.15, 0.2) is 54.6 Å². The topological polar surface area (TPSA) is 44.5 Å². The third kappa shape index (κ3) is 2.91. The second-order valence-corrected chi connectivity index (χ2v) is 8.07. The number of halogens is 1. The van der Waals surface area contributed by atoms with Crippen molar-refractivity contribution in [3.63, 3.8) is 0 Å². The number of nitrogen functional groups attached to an aromatic ring is 1. The van der Waals surface area contributed by atoms with Crippen molar-refractivity contribution in [3.05, 3.63) is 60.4 Å². The van der Waals surface area contributed by atoms with Gasteiger partial charge in [0.25, 0.3) is 0 Å². The van der Waals surface area contributed by atoms with E-state index < -0.39 is 18.3 Å². The van der Waals surface area contributed by atoms with E-state index in [1.165, 1.54) is 12.1 Å². The lowest BCUT2D eigenvalue weighted by atomic mass is 9.72. The molecule has 138 valence electrons. The molecule has 4 rings (SSSR count). The van der Waals surface area contributed by atoms with E-state index in [0.717, 1.165) is 27.4 Å². The van der Waals surface area contributed by atoms with Crippen LogP contribution >= 0.6 is 0 Å². The van der Waals surface area contributed by atoms with Crippen molar-refractivity contribution in [2.45, 2.75) is 38.9 Å². The molecule has 2 N–H and O–H groups in total. The second-order valence-electron chi connectivity index (χ2n) is 8.07. The summed E-state index contributed by atoms with van der Waals surface area (Å²) in [7, 11) is -0.554. The molecule has 0 atom stereocenters. The average Bonchev–Trinajstić information content (AvgIpc) is 2.83. The van der Waals surface area contributed by atoms with Crippen molar-refractivity contribution in [1.82, 2.24) is 0 Å². The fraction of sp³-hybridized carbons (Fsp3) is 0.273. The molecule has 1 aliphatic heterocycles. The molecule has 3 aromatic carbocycles. The average molecular weight is 363 g/mol. The Morgan fingerprint density at radius 1 is 0.889 bits per heavy atom. The summed E-state index contributed by atoms with van der Waals surface area (Å²) in [6.07, 6.45) is 0. The molecule has 27 heavy (non-hydrogen) atoms. The molecule has 1 aliphatic rings. The molecule has 0 aromatic heterocycles. The summed E-state index contributed by atoms with van der Waals surface area (Å²) in [4.78, 5) is 0. The van der Waals surface area contributed by atoms with Crippen molar-refractivity contribution in [1.29, 1.82) is 0 Å². The number of benzene rings is 3. The lowest BCUT2D eigenvalue weighted by Crippen LogP contribution is -2.41. The third-order valence-corrected chi connectivity index (χ3v) is 5.76. The molecule has 5 heteroatoms. The van der Waals surface area contributed by atoms with E-state index >= 15 is 0 Å². The number of nitrogens with two attached hydrogens (primary N) is 1. The van der Waals surface area contributed by atoms with Crippen LogP contribution in [0.25, 0.3) is 21.9 Å². The molecular weight excluding hydrogens is 340 g/mol. The monoisotopic (exact) mass is 363 g/mol. The van der Waals surface area contributed by atoms with Crippen LogP contribution in [-0.4, -0.2) is 18.3 Å². The van der Waals surface area contributed by atoms with Gasteiger partial charge in [0.15, 0.2) is 0 Å². The molecule has 1 heterocycles. The van der Waals surface area contributed by atoms with Crippen LogP contribution in [0.5, 0.6) is 0 Å². The highest BCUT2D eigenvalue weighted by atomic mass is 19.1. The highest BCUT2D eigenvalue weighted by Gasteiger charge is 2.52. The van der Waals surface area contributed by atoms with E-state index in [4.69, 9.17) is 15.0 Å². The Morgan fingerprint density at radius 2 is 1.48 bits per heavy atom. The highest BCUT2D eigenvalue weighted by molar-refractivity contribution is 6.64. The predicted molar refractivity (Wildman–Crippen MR) is 109 cm³/mol. The van der Waals surface area contributed by atoms with Crippen molar-refractivity contribution in [2.24, 2.45) is 0 Å². The fourth-order valence-corrected chi connectivity index (χ4v) is 3.49. The van der Waals surface area contributed by atoms with Crippen LogP contribution in [0.3, 0.4) is 0 Å². The lowest BCUT2D eigenvalue weighted by molar-refractivity contribution is 0.00578. The fourth-order valence-electron chi connectivity index (χ4n) is 3.49. The summed E-state index contributed by atoms with van der Waals surface area (Å²) in [6, 6.07) is 16.4. The lowest BCUT2D eigenvalue weighted by Gasteiger charge is -2.32. The molecule has 1 fully saturated rings. The molecule has 0 aliphatic carbocycles. The minimum atomic E-state index is -0.554. The summed E-state index contributed by atoms with van der Waals surface area (Å²) >= 11 is 0. The van der Waals surface area contributed by atoms with Gasteiger partial charge in [-0.05, 0) is 56.2 Å². The zero-order valence-corrected chi connectivity index (χ0v) is 16.0. The Hall–Kier alpha value is -2.37. The maximum atomic E-state index is 13.5. The van der Waals surface area contributed by atoms with E-state index in [0.29, 0.717) is 5.69 Å². The maximum absolute atomic E-state index is 13.5. The first-order chi connectivity index (χ1) is 12.7. The number of anilines is 1. The SMILES string of the molecule is CC1(C)OB(c2cc3ccccc3c(N)c2-c2ccc(F)cc2)OC1(C)C. The van der Waals surface area contributed by atoms with Crippen LogP contribution in [0, 0.1) is 5.82 Å². The van der Waals surface area contributed by atoms with Crippen LogP contribution in [0.4, 0.5) is 10.1 Å². The molecule has 3 aromatic rings. The van der Waals surface area contributed by atoms with Gasteiger partial charge in [-0.3, -0.25) is 0 Å². The molecule has 1 saturated heterocycles.